The van der Waals surface area contributed by atoms with Crippen molar-refractivity contribution in [1.82, 2.24) is 0 Å². The zero-order valence-corrected chi connectivity index (χ0v) is 12.5. The van der Waals surface area contributed by atoms with Crippen molar-refractivity contribution in [2.45, 2.75) is 13.2 Å². The molecular weight excluding hydrogens is 272 g/mol. The molecule has 2 N–H and O–H groups in total. The van der Waals surface area contributed by atoms with Crippen LogP contribution in [0.15, 0.2) is 42.5 Å². The third kappa shape index (κ3) is 3.65. The highest BCUT2D eigenvalue weighted by molar-refractivity contribution is 6.31. The fourth-order valence-electron chi connectivity index (χ4n) is 1.85. The van der Waals surface area contributed by atoms with Crippen molar-refractivity contribution in [3.63, 3.8) is 0 Å². The predicted molar refractivity (Wildman–Crippen MR) is 84.4 cm³/mol. The molecule has 0 heterocycles. The smallest absolute Gasteiger partial charge is 0.121 e. The van der Waals surface area contributed by atoms with Gasteiger partial charge in [-0.2, -0.15) is 0 Å². The van der Waals surface area contributed by atoms with E-state index in [4.69, 9.17) is 22.1 Å². The Labute approximate surface area is 124 Å². The number of ether oxygens (including phenoxy) is 1. The maximum absolute atomic E-state index is 6.21. The van der Waals surface area contributed by atoms with Crippen LogP contribution in [0.3, 0.4) is 0 Å². The monoisotopic (exact) mass is 290 g/mol. The Morgan fingerprint density at radius 3 is 2.60 bits per heavy atom. The van der Waals surface area contributed by atoms with E-state index in [1.807, 2.05) is 61.5 Å². The molecular formula is C16H19ClN2O. The molecule has 0 fully saturated rings. The molecule has 0 unspecified atom stereocenters. The standard InChI is InChI=1S/C16H19ClN2O/c1-19(2)14-4-3-5-15(9-14)20-11-13-7-6-12(10-18)8-16(13)17/h3-9H,10-11,18H2,1-2H3. The van der Waals surface area contributed by atoms with E-state index in [0.717, 1.165) is 22.6 Å². The van der Waals surface area contributed by atoms with E-state index in [1.165, 1.54) is 0 Å². The minimum atomic E-state index is 0.445. The molecule has 2 aromatic carbocycles. The highest BCUT2D eigenvalue weighted by Gasteiger charge is 2.04. The molecule has 3 nitrogen and oxygen atoms in total. The van der Waals surface area contributed by atoms with E-state index in [2.05, 4.69) is 0 Å². The van der Waals surface area contributed by atoms with E-state index in [-0.39, 0.29) is 0 Å². The molecule has 0 radical (unpaired) electrons. The molecule has 0 amide bonds. The normalized spacial score (nSPS) is 10.4. The van der Waals surface area contributed by atoms with Gasteiger partial charge in [-0.1, -0.05) is 29.8 Å². The lowest BCUT2D eigenvalue weighted by Gasteiger charge is -2.14. The van der Waals surface area contributed by atoms with Crippen molar-refractivity contribution < 1.29 is 4.74 Å². The third-order valence-electron chi connectivity index (χ3n) is 3.08. The molecule has 4 heteroatoms. The summed E-state index contributed by atoms with van der Waals surface area (Å²) in [7, 11) is 4.00. The van der Waals surface area contributed by atoms with Crippen LogP contribution in [-0.4, -0.2) is 14.1 Å². The number of rotatable bonds is 5. The van der Waals surface area contributed by atoms with Crippen molar-refractivity contribution in [2.75, 3.05) is 19.0 Å². The first-order valence-corrected chi connectivity index (χ1v) is 6.85. The van der Waals surface area contributed by atoms with Crippen LogP contribution in [-0.2, 0) is 13.2 Å². The minimum Gasteiger partial charge on any atom is -0.489 e. The van der Waals surface area contributed by atoms with Gasteiger partial charge in [0.15, 0.2) is 0 Å². The second-order valence-electron chi connectivity index (χ2n) is 4.81. The molecule has 0 aliphatic carbocycles. The van der Waals surface area contributed by atoms with Gasteiger partial charge < -0.3 is 15.4 Å². The molecule has 20 heavy (non-hydrogen) atoms. The zero-order valence-electron chi connectivity index (χ0n) is 11.8. The second-order valence-corrected chi connectivity index (χ2v) is 5.22. The van der Waals surface area contributed by atoms with Gasteiger partial charge in [-0.05, 0) is 23.8 Å². The number of nitrogens with two attached hydrogens (primary N) is 1. The summed E-state index contributed by atoms with van der Waals surface area (Å²) in [5.74, 6) is 0.829. The Hall–Kier alpha value is -1.71. The first-order chi connectivity index (χ1) is 9.60. The van der Waals surface area contributed by atoms with Crippen molar-refractivity contribution in [2.24, 2.45) is 5.73 Å². The molecule has 0 bridgehead atoms. The third-order valence-corrected chi connectivity index (χ3v) is 3.43. The maximum Gasteiger partial charge on any atom is 0.121 e. The van der Waals surface area contributed by atoms with Gasteiger partial charge in [0.05, 0.1) is 0 Å². The van der Waals surface area contributed by atoms with Crippen LogP contribution in [0.25, 0.3) is 0 Å². The van der Waals surface area contributed by atoms with Crippen LogP contribution in [0.1, 0.15) is 11.1 Å². The fourth-order valence-corrected chi connectivity index (χ4v) is 2.11. The van der Waals surface area contributed by atoms with Gasteiger partial charge in [0.2, 0.25) is 0 Å². The van der Waals surface area contributed by atoms with Gasteiger partial charge in [-0.25, -0.2) is 0 Å². The maximum atomic E-state index is 6.21. The van der Waals surface area contributed by atoms with E-state index in [0.29, 0.717) is 18.2 Å². The molecule has 2 rings (SSSR count). The van der Waals surface area contributed by atoms with Crippen LogP contribution in [0.2, 0.25) is 5.02 Å². The zero-order chi connectivity index (χ0) is 14.5. The van der Waals surface area contributed by atoms with E-state index < -0.39 is 0 Å². The number of anilines is 1. The summed E-state index contributed by atoms with van der Waals surface area (Å²) in [4.78, 5) is 2.04. The van der Waals surface area contributed by atoms with Gasteiger partial charge in [0, 0.05) is 43.0 Å². The van der Waals surface area contributed by atoms with Gasteiger partial charge in [0.1, 0.15) is 12.4 Å². The van der Waals surface area contributed by atoms with E-state index in [1.54, 1.807) is 0 Å². The van der Waals surface area contributed by atoms with Crippen LogP contribution in [0.5, 0.6) is 5.75 Å². The quantitative estimate of drug-likeness (QED) is 0.917. The van der Waals surface area contributed by atoms with Gasteiger partial charge >= 0.3 is 0 Å². The summed E-state index contributed by atoms with van der Waals surface area (Å²) in [6.45, 7) is 0.937. The SMILES string of the molecule is CN(C)c1cccc(OCc2ccc(CN)cc2Cl)c1. The molecule has 106 valence electrons. The van der Waals surface area contributed by atoms with Crippen LogP contribution >= 0.6 is 11.6 Å². The molecule has 0 aliphatic rings. The van der Waals surface area contributed by atoms with Crippen LogP contribution in [0, 0.1) is 0 Å². The Morgan fingerprint density at radius 2 is 1.95 bits per heavy atom. The number of halogens is 1. The Bertz CT molecular complexity index is 584. The lowest BCUT2D eigenvalue weighted by atomic mass is 10.1. The Balaban J connectivity index is 2.07. The number of hydrogen-bond donors (Lipinski definition) is 1. The highest BCUT2D eigenvalue weighted by Crippen LogP contribution is 2.23. The second kappa shape index (κ2) is 6.64. The lowest BCUT2D eigenvalue weighted by molar-refractivity contribution is 0.306. The van der Waals surface area contributed by atoms with Crippen molar-refractivity contribution in [3.05, 3.63) is 58.6 Å². The number of nitrogens with zero attached hydrogens (tertiary/aromatic N) is 1. The van der Waals surface area contributed by atoms with Crippen LogP contribution in [0.4, 0.5) is 5.69 Å². The summed E-state index contributed by atoms with van der Waals surface area (Å²) < 4.78 is 5.79. The summed E-state index contributed by atoms with van der Waals surface area (Å²) in [6.07, 6.45) is 0. The van der Waals surface area contributed by atoms with Gasteiger partial charge in [0.25, 0.3) is 0 Å². The minimum absolute atomic E-state index is 0.445. The highest BCUT2D eigenvalue weighted by atomic mass is 35.5. The summed E-state index contributed by atoms with van der Waals surface area (Å²) in [5.41, 5.74) is 8.67. The molecule has 2 aromatic rings. The summed E-state index contributed by atoms with van der Waals surface area (Å²) >= 11 is 6.21. The van der Waals surface area contributed by atoms with E-state index >= 15 is 0 Å². The Kier molecular flexibility index (Phi) is 4.88. The molecule has 0 atom stereocenters. The van der Waals surface area contributed by atoms with Crippen molar-refractivity contribution in [3.8, 4) is 5.75 Å². The average Bonchev–Trinajstić information content (AvgIpc) is 2.46. The molecule has 0 spiro atoms. The van der Waals surface area contributed by atoms with Crippen LogP contribution < -0.4 is 15.4 Å². The van der Waals surface area contributed by atoms with Gasteiger partial charge in [-0.15, -0.1) is 0 Å². The lowest BCUT2D eigenvalue weighted by Crippen LogP contribution is -2.08. The topological polar surface area (TPSA) is 38.5 Å². The fraction of sp³-hybridized carbons (Fsp3) is 0.250. The molecule has 0 saturated carbocycles. The first-order valence-electron chi connectivity index (χ1n) is 6.47. The molecule has 0 saturated heterocycles. The first kappa shape index (κ1) is 14.7. The molecule has 0 aromatic heterocycles. The predicted octanol–water partition coefficient (Wildman–Crippen LogP) is 3.44. The summed E-state index contributed by atoms with van der Waals surface area (Å²) in [5, 5.41) is 0.691. The largest absolute Gasteiger partial charge is 0.489 e. The average molecular weight is 291 g/mol. The van der Waals surface area contributed by atoms with E-state index in [9.17, 15) is 0 Å². The van der Waals surface area contributed by atoms with Crippen molar-refractivity contribution >= 4 is 17.3 Å². The number of hydrogen-bond acceptors (Lipinski definition) is 3. The Morgan fingerprint density at radius 1 is 1.15 bits per heavy atom. The van der Waals surface area contributed by atoms with Crippen molar-refractivity contribution in [1.29, 1.82) is 0 Å². The summed E-state index contributed by atoms with van der Waals surface area (Å²) in [6, 6.07) is 13.8. The van der Waals surface area contributed by atoms with Gasteiger partial charge in [-0.3, -0.25) is 0 Å². The number of benzene rings is 2. The molecule has 0 aliphatic heterocycles.